The molecular formula is C19H24ClFN2O4. The van der Waals surface area contributed by atoms with Gasteiger partial charge in [-0.05, 0) is 32.9 Å². The molecule has 0 fully saturated rings. The number of benzene rings is 1. The van der Waals surface area contributed by atoms with Crippen LogP contribution < -0.4 is 19.8 Å². The molecule has 0 aliphatic heterocycles. The Morgan fingerprint density at radius 3 is 2.59 bits per heavy atom. The third-order valence-corrected chi connectivity index (χ3v) is 4.06. The second-order valence-corrected chi connectivity index (χ2v) is 7.24. The molecule has 0 amide bonds. The number of ether oxygens (including phenoxy) is 3. The Labute approximate surface area is 162 Å². The maximum atomic E-state index is 12.4. The van der Waals surface area contributed by atoms with E-state index in [4.69, 9.17) is 25.8 Å². The van der Waals surface area contributed by atoms with Crippen molar-refractivity contribution < 1.29 is 18.6 Å². The Morgan fingerprint density at radius 1 is 1.22 bits per heavy atom. The molecule has 0 unspecified atom stereocenters. The van der Waals surface area contributed by atoms with Crippen LogP contribution in [0.15, 0.2) is 29.2 Å². The Bertz CT molecular complexity index is 833. The van der Waals surface area contributed by atoms with Gasteiger partial charge in [0.15, 0.2) is 10.8 Å². The second-order valence-electron chi connectivity index (χ2n) is 6.86. The third kappa shape index (κ3) is 5.35. The van der Waals surface area contributed by atoms with E-state index in [-0.39, 0.29) is 17.4 Å². The predicted molar refractivity (Wildman–Crippen MR) is 102 cm³/mol. The van der Waals surface area contributed by atoms with E-state index in [1.807, 2.05) is 20.8 Å². The van der Waals surface area contributed by atoms with Crippen molar-refractivity contribution in [3.05, 3.63) is 45.3 Å². The number of rotatable bonds is 8. The lowest BCUT2D eigenvalue weighted by Crippen LogP contribution is -2.36. The molecule has 1 aromatic carbocycles. The van der Waals surface area contributed by atoms with Gasteiger partial charge in [0.25, 0.3) is 5.56 Å². The smallest absolute Gasteiger partial charge is 0.289 e. The van der Waals surface area contributed by atoms with E-state index in [0.717, 1.165) is 5.56 Å². The van der Waals surface area contributed by atoms with Crippen molar-refractivity contribution in [1.29, 1.82) is 0 Å². The summed E-state index contributed by atoms with van der Waals surface area (Å²) >= 11 is 6.16. The molecular weight excluding hydrogens is 375 g/mol. The van der Waals surface area contributed by atoms with Gasteiger partial charge in [0.05, 0.1) is 32.1 Å². The largest absolute Gasteiger partial charge is 0.496 e. The highest BCUT2D eigenvalue weighted by Crippen LogP contribution is 2.27. The molecule has 6 nitrogen and oxygen atoms in total. The van der Waals surface area contributed by atoms with Crippen LogP contribution >= 0.6 is 11.6 Å². The zero-order valence-corrected chi connectivity index (χ0v) is 16.7. The summed E-state index contributed by atoms with van der Waals surface area (Å²) in [6, 6.07) is 5.23. The SMILES string of the molecule is COc1cc(OCCCF)ccc1COc1cnn(C(C)(C)C)c(=O)c1Cl. The van der Waals surface area contributed by atoms with Gasteiger partial charge in [0.2, 0.25) is 0 Å². The van der Waals surface area contributed by atoms with Gasteiger partial charge in [0, 0.05) is 18.1 Å². The van der Waals surface area contributed by atoms with Gasteiger partial charge in [-0.2, -0.15) is 5.10 Å². The first-order chi connectivity index (χ1) is 12.8. The number of nitrogens with zero attached hydrogens (tertiary/aromatic N) is 2. The Balaban J connectivity index is 2.14. The molecule has 1 aromatic heterocycles. The summed E-state index contributed by atoms with van der Waals surface area (Å²) in [5.41, 5.74) is -0.155. The van der Waals surface area contributed by atoms with E-state index < -0.39 is 17.8 Å². The lowest BCUT2D eigenvalue weighted by molar-refractivity contribution is 0.279. The first kappa shape index (κ1) is 21.0. The van der Waals surface area contributed by atoms with Crippen LogP contribution in [0.5, 0.6) is 17.2 Å². The van der Waals surface area contributed by atoms with Gasteiger partial charge in [-0.1, -0.05) is 11.6 Å². The van der Waals surface area contributed by atoms with E-state index in [1.54, 1.807) is 18.2 Å². The van der Waals surface area contributed by atoms with Crippen LogP contribution in [0.25, 0.3) is 0 Å². The maximum absolute atomic E-state index is 12.4. The lowest BCUT2D eigenvalue weighted by Gasteiger charge is -2.21. The first-order valence-corrected chi connectivity index (χ1v) is 8.92. The molecule has 0 atom stereocenters. The minimum absolute atomic E-state index is 0.0231. The van der Waals surface area contributed by atoms with Crippen molar-refractivity contribution in [2.45, 2.75) is 39.3 Å². The van der Waals surface area contributed by atoms with Crippen molar-refractivity contribution in [3.63, 3.8) is 0 Å². The van der Waals surface area contributed by atoms with Crippen LogP contribution in [-0.2, 0) is 12.1 Å². The number of methoxy groups -OCH3 is 1. The molecule has 0 spiro atoms. The van der Waals surface area contributed by atoms with Crippen molar-refractivity contribution in [2.24, 2.45) is 0 Å². The molecule has 0 radical (unpaired) electrons. The summed E-state index contributed by atoms with van der Waals surface area (Å²) in [6.45, 7) is 5.59. The van der Waals surface area contributed by atoms with Crippen molar-refractivity contribution in [1.82, 2.24) is 9.78 Å². The lowest BCUT2D eigenvalue weighted by atomic mass is 10.1. The summed E-state index contributed by atoms with van der Waals surface area (Å²) in [4.78, 5) is 12.4. The summed E-state index contributed by atoms with van der Waals surface area (Å²) < 4.78 is 29.9. The van der Waals surface area contributed by atoms with Gasteiger partial charge in [0.1, 0.15) is 18.1 Å². The number of aromatic nitrogens is 2. The number of alkyl halides is 1. The van der Waals surface area contributed by atoms with Crippen LogP contribution in [-0.4, -0.2) is 30.2 Å². The van der Waals surface area contributed by atoms with Gasteiger partial charge in [-0.3, -0.25) is 9.18 Å². The fraction of sp³-hybridized carbons (Fsp3) is 0.474. The van der Waals surface area contributed by atoms with E-state index in [9.17, 15) is 9.18 Å². The van der Waals surface area contributed by atoms with Gasteiger partial charge >= 0.3 is 0 Å². The van der Waals surface area contributed by atoms with E-state index in [1.165, 1.54) is 18.0 Å². The molecule has 0 aliphatic rings. The molecule has 0 saturated carbocycles. The average molecular weight is 399 g/mol. The molecule has 0 aliphatic carbocycles. The Morgan fingerprint density at radius 2 is 1.96 bits per heavy atom. The predicted octanol–water partition coefficient (Wildman–Crippen LogP) is 3.98. The minimum atomic E-state index is -0.486. The van der Waals surface area contributed by atoms with Crippen LogP contribution in [0.2, 0.25) is 5.02 Å². The summed E-state index contributed by atoms with van der Waals surface area (Å²) in [5.74, 6) is 1.34. The fourth-order valence-corrected chi connectivity index (χ4v) is 2.51. The molecule has 2 aromatic rings. The summed E-state index contributed by atoms with van der Waals surface area (Å²) in [5, 5.41) is 4.11. The quantitative estimate of drug-likeness (QED) is 0.629. The molecule has 0 N–H and O–H groups in total. The molecule has 1 heterocycles. The third-order valence-electron chi connectivity index (χ3n) is 3.71. The molecule has 8 heteroatoms. The Kier molecular flexibility index (Phi) is 7.07. The van der Waals surface area contributed by atoms with Gasteiger partial charge in [-0.25, -0.2) is 4.68 Å². The molecule has 148 valence electrons. The zero-order chi connectivity index (χ0) is 20.0. The van der Waals surface area contributed by atoms with Crippen LogP contribution in [0, 0.1) is 0 Å². The van der Waals surface area contributed by atoms with Crippen molar-refractivity contribution in [2.75, 3.05) is 20.4 Å². The first-order valence-electron chi connectivity index (χ1n) is 8.54. The molecule has 0 saturated heterocycles. The van der Waals surface area contributed by atoms with E-state index in [2.05, 4.69) is 5.10 Å². The topological polar surface area (TPSA) is 62.6 Å². The molecule has 0 bridgehead atoms. The number of hydrogen-bond acceptors (Lipinski definition) is 5. The van der Waals surface area contributed by atoms with E-state index >= 15 is 0 Å². The highest BCUT2D eigenvalue weighted by Gasteiger charge is 2.20. The highest BCUT2D eigenvalue weighted by atomic mass is 35.5. The second kappa shape index (κ2) is 9.08. The van der Waals surface area contributed by atoms with Crippen LogP contribution in [0.1, 0.15) is 32.8 Å². The normalized spacial score (nSPS) is 11.3. The minimum Gasteiger partial charge on any atom is -0.496 e. The van der Waals surface area contributed by atoms with Crippen LogP contribution in [0.3, 0.4) is 0 Å². The van der Waals surface area contributed by atoms with Crippen molar-refractivity contribution in [3.8, 4) is 17.2 Å². The van der Waals surface area contributed by atoms with Crippen molar-refractivity contribution >= 4 is 11.6 Å². The number of halogens is 2. The average Bonchev–Trinajstić information content (AvgIpc) is 2.62. The monoisotopic (exact) mass is 398 g/mol. The molecule has 27 heavy (non-hydrogen) atoms. The van der Waals surface area contributed by atoms with Crippen LogP contribution in [0.4, 0.5) is 4.39 Å². The fourth-order valence-electron chi connectivity index (χ4n) is 2.33. The Hall–Kier alpha value is -2.28. The van der Waals surface area contributed by atoms with Gasteiger partial charge < -0.3 is 14.2 Å². The van der Waals surface area contributed by atoms with E-state index in [0.29, 0.717) is 24.5 Å². The standard InChI is InChI=1S/C19H24ClFN2O4/c1-19(2,3)23-18(24)17(20)16(11-22-23)27-12-13-6-7-14(10-15(13)25-4)26-9-5-8-21/h6-7,10-11H,5,8-9,12H2,1-4H3. The summed E-state index contributed by atoms with van der Waals surface area (Å²) in [6.07, 6.45) is 1.76. The highest BCUT2D eigenvalue weighted by molar-refractivity contribution is 6.31. The molecule has 2 rings (SSSR count). The zero-order valence-electron chi connectivity index (χ0n) is 15.9. The number of hydrogen-bond donors (Lipinski definition) is 0. The maximum Gasteiger partial charge on any atom is 0.289 e. The summed E-state index contributed by atoms with van der Waals surface area (Å²) in [7, 11) is 1.53. The van der Waals surface area contributed by atoms with Gasteiger partial charge in [-0.15, -0.1) is 0 Å².